The Hall–Kier alpha value is -1.91. The zero-order valence-electron chi connectivity index (χ0n) is 11.4. The van der Waals surface area contributed by atoms with Crippen LogP contribution in [0.3, 0.4) is 0 Å². The van der Waals surface area contributed by atoms with Crippen LogP contribution in [0.4, 0.5) is 0 Å². The first-order valence-electron chi connectivity index (χ1n) is 6.01. The smallest absolute Gasteiger partial charge is 0.217 e. The summed E-state index contributed by atoms with van der Waals surface area (Å²) < 4.78 is 0. The van der Waals surface area contributed by atoms with E-state index in [9.17, 15) is 9.59 Å². The molecule has 0 bridgehead atoms. The molecule has 5 heteroatoms. The van der Waals surface area contributed by atoms with Crippen LogP contribution in [0, 0.1) is 0 Å². The van der Waals surface area contributed by atoms with Gasteiger partial charge in [0.05, 0.1) is 24.5 Å². The number of pyridine rings is 1. The van der Waals surface area contributed by atoms with Crippen LogP contribution in [0.5, 0.6) is 0 Å². The quantitative estimate of drug-likeness (QED) is 0.849. The number of aromatic nitrogens is 1. The number of nitrogens with zero attached hydrogens (tertiary/aromatic N) is 1. The Morgan fingerprint density at radius 3 is 1.72 bits per heavy atom. The highest BCUT2D eigenvalue weighted by molar-refractivity contribution is 5.73. The summed E-state index contributed by atoms with van der Waals surface area (Å²) in [5, 5.41) is 5.33. The first-order valence-corrected chi connectivity index (χ1v) is 6.01. The number of carbonyl (C=O) groups is 2. The summed E-state index contributed by atoms with van der Waals surface area (Å²) in [6, 6.07) is 5.50. The van der Waals surface area contributed by atoms with Crippen molar-refractivity contribution in [3.63, 3.8) is 0 Å². The van der Waals surface area contributed by atoms with Gasteiger partial charge in [-0.15, -0.1) is 0 Å². The second-order valence-electron chi connectivity index (χ2n) is 3.44. The summed E-state index contributed by atoms with van der Waals surface area (Å²) in [5.74, 6) is -0.178. The second kappa shape index (κ2) is 9.15. The van der Waals surface area contributed by atoms with Gasteiger partial charge in [-0.3, -0.25) is 14.6 Å². The van der Waals surface area contributed by atoms with Crippen molar-refractivity contribution in [2.45, 2.75) is 40.8 Å². The fourth-order valence-electron chi connectivity index (χ4n) is 1.16. The van der Waals surface area contributed by atoms with Gasteiger partial charge in [-0.25, -0.2) is 0 Å². The Balaban J connectivity index is 0.00000137. The fourth-order valence-corrected chi connectivity index (χ4v) is 1.16. The molecule has 0 saturated heterocycles. The van der Waals surface area contributed by atoms with E-state index in [2.05, 4.69) is 15.6 Å². The molecule has 1 aromatic rings. The van der Waals surface area contributed by atoms with Crippen LogP contribution in [0.1, 0.15) is 39.1 Å². The maximum Gasteiger partial charge on any atom is 0.217 e. The molecule has 0 aliphatic carbocycles. The van der Waals surface area contributed by atoms with Gasteiger partial charge >= 0.3 is 0 Å². The number of hydrogen-bond donors (Lipinski definition) is 2. The fraction of sp³-hybridized carbons (Fsp3) is 0.462. The van der Waals surface area contributed by atoms with E-state index in [0.29, 0.717) is 13.1 Å². The van der Waals surface area contributed by atoms with Crippen LogP contribution in [0.15, 0.2) is 18.2 Å². The van der Waals surface area contributed by atoms with Gasteiger partial charge in [0.1, 0.15) is 0 Å². The van der Waals surface area contributed by atoms with Crippen molar-refractivity contribution in [1.29, 1.82) is 0 Å². The molecule has 2 N–H and O–H groups in total. The molecule has 5 nitrogen and oxygen atoms in total. The Bertz CT molecular complexity index is 358. The van der Waals surface area contributed by atoms with Gasteiger partial charge in [0.15, 0.2) is 0 Å². The van der Waals surface area contributed by atoms with Gasteiger partial charge < -0.3 is 10.6 Å². The normalized spacial score (nSPS) is 8.89. The minimum atomic E-state index is -0.0888. The number of carbonyl (C=O) groups excluding carboxylic acids is 2. The topological polar surface area (TPSA) is 71.1 Å². The van der Waals surface area contributed by atoms with Crippen LogP contribution in [0.2, 0.25) is 0 Å². The number of hydrogen-bond acceptors (Lipinski definition) is 3. The lowest BCUT2D eigenvalue weighted by Crippen LogP contribution is -2.22. The van der Waals surface area contributed by atoms with Crippen LogP contribution >= 0.6 is 0 Å². The van der Waals surface area contributed by atoms with E-state index >= 15 is 0 Å². The maximum atomic E-state index is 10.7. The molecule has 0 aliphatic rings. The Kier molecular flexibility index (Phi) is 8.18. The highest BCUT2D eigenvalue weighted by Crippen LogP contribution is 1.99. The summed E-state index contributed by atoms with van der Waals surface area (Å²) in [4.78, 5) is 25.7. The van der Waals surface area contributed by atoms with Crippen molar-refractivity contribution in [2.24, 2.45) is 0 Å². The van der Waals surface area contributed by atoms with Crippen molar-refractivity contribution in [1.82, 2.24) is 15.6 Å². The summed E-state index contributed by atoms with van der Waals surface area (Å²) in [6.07, 6.45) is 0. The molecule has 0 aromatic carbocycles. The molecule has 1 aromatic heterocycles. The standard InChI is InChI=1S/C11H15N3O2.C2H6/c1-8(15)12-6-10-4-3-5-11(14-10)7-13-9(2)16;1-2/h3-5H,6-7H2,1-2H3,(H,12,15)(H,13,16);1-2H3. The van der Waals surface area contributed by atoms with Crippen LogP contribution in [-0.4, -0.2) is 16.8 Å². The molecular formula is C13H21N3O2. The Morgan fingerprint density at radius 2 is 1.39 bits per heavy atom. The van der Waals surface area contributed by atoms with Crippen LogP contribution < -0.4 is 10.6 Å². The van der Waals surface area contributed by atoms with E-state index in [1.54, 1.807) is 0 Å². The van der Waals surface area contributed by atoms with E-state index < -0.39 is 0 Å². The molecular weight excluding hydrogens is 230 g/mol. The predicted octanol–water partition coefficient (Wildman–Crippen LogP) is 1.38. The highest BCUT2D eigenvalue weighted by Gasteiger charge is 1.99. The average molecular weight is 251 g/mol. The van der Waals surface area contributed by atoms with E-state index in [-0.39, 0.29) is 11.8 Å². The van der Waals surface area contributed by atoms with Gasteiger partial charge in [-0.2, -0.15) is 0 Å². The molecule has 0 radical (unpaired) electrons. The third-order valence-corrected chi connectivity index (χ3v) is 1.90. The van der Waals surface area contributed by atoms with Gasteiger partial charge in [0, 0.05) is 13.8 Å². The minimum absolute atomic E-state index is 0.0888. The van der Waals surface area contributed by atoms with Gasteiger partial charge in [0.2, 0.25) is 11.8 Å². The molecule has 0 saturated carbocycles. The lowest BCUT2D eigenvalue weighted by molar-refractivity contribution is -0.119. The predicted molar refractivity (Wildman–Crippen MR) is 70.6 cm³/mol. The van der Waals surface area contributed by atoms with Gasteiger partial charge in [0.25, 0.3) is 0 Å². The lowest BCUT2D eigenvalue weighted by atomic mass is 10.3. The van der Waals surface area contributed by atoms with Crippen molar-refractivity contribution >= 4 is 11.8 Å². The van der Waals surface area contributed by atoms with Crippen LogP contribution in [-0.2, 0) is 22.7 Å². The molecule has 1 heterocycles. The molecule has 18 heavy (non-hydrogen) atoms. The average Bonchev–Trinajstić information content (AvgIpc) is 2.37. The molecule has 1 rings (SSSR count). The molecule has 0 aliphatic heterocycles. The lowest BCUT2D eigenvalue weighted by Gasteiger charge is -2.05. The van der Waals surface area contributed by atoms with Gasteiger partial charge in [-0.1, -0.05) is 19.9 Å². The second-order valence-corrected chi connectivity index (χ2v) is 3.44. The van der Waals surface area contributed by atoms with Crippen molar-refractivity contribution in [3.05, 3.63) is 29.6 Å². The molecule has 2 amide bonds. The summed E-state index contributed by atoms with van der Waals surface area (Å²) in [7, 11) is 0. The SMILES string of the molecule is CC.CC(=O)NCc1cccc(CNC(C)=O)n1. The maximum absolute atomic E-state index is 10.7. The third kappa shape index (κ3) is 7.38. The molecule has 0 spiro atoms. The van der Waals surface area contributed by atoms with E-state index in [0.717, 1.165) is 11.4 Å². The summed E-state index contributed by atoms with van der Waals surface area (Å²) in [5.41, 5.74) is 1.55. The summed E-state index contributed by atoms with van der Waals surface area (Å²) in [6.45, 7) is 7.73. The van der Waals surface area contributed by atoms with E-state index in [1.165, 1.54) is 13.8 Å². The minimum Gasteiger partial charge on any atom is -0.351 e. The van der Waals surface area contributed by atoms with Gasteiger partial charge in [-0.05, 0) is 12.1 Å². The first-order chi connectivity index (χ1) is 8.58. The van der Waals surface area contributed by atoms with Crippen molar-refractivity contribution < 1.29 is 9.59 Å². The van der Waals surface area contributed by atoms with Crippen LogP contribution in [0.25, 0.3) is 0 Å². The number of rotatable bonds is 4. The van der Waals surface area contributed by atoms with Crippen molar-refractivity contribution in [3.8, 4) is 0 Å². The zero-order chi connectivity index (χ0) is 14.0. The number of amides is 2. The third-order valence-electron chi connectivity index (χ3n) is 1.90. The van der Waals surface area contributed by atoms with E-state index in [1.807, 2.05) is 32.0 Å². The van der Waals surface area contributed by atoms with Crippen molar-refractivity contribution in [2.75, 3.05) is 0 Å². The van der Waals surface area contributed by atoms with E-state index in [4.69, 9.17) is 0 Å². The molecule has 100 valence electrons. The first kappa shape index (κ1) is 16.1. The zero-order valence-corrected chi connectivity index (χ0v) is 11.4. The molecule has 0 unspecified atom stereocenters. The molecule has 0 fully saturated rings. The monoisotopic (exact) mass is 251 g/mol. The highest BCUT2D eigenvalue weighted by atomic mass is 16.2. The number of nitrogens with one attached hydrogen (secondary N) is 2. The Labute approximate surface area is 108 Å². The molecule has 0 atom stereocenters. The summed E-state index contributed by atoms with van der Waals surface area (Å²) >= 11 is 0. The Morgan fingerprint density at radius 1 is 1.00 bits per heavy atom. The largest absolute Gasteiger partial charge is 0.351 e.